The zero-order valence-electron chi connectivity index (χ0n) is 8.94. The molecule has 0 bridgehead atoms. The Hall–Kier alpha value is -1.59. The molecule has 0 saturated carbocycles. The number of nitrogens with zero attached hydrogens (tertiary/aromatic N) is 3. The van der Waals surface area contributed by atoms with E-state index in [0.717, 1.165) is 0 Å². The van der Waals surface area contributed by atoms with Crippen molar-refractivity contribution in [3.8, 4) is 12.1 Å². The molecule has 1 amide bonds. The van der Waals surface area contributed by atoms with Crippen molar-refractivity contribution in [3.05, 3.63) is 0 Å². The normalized spacial score (nSPS) is 11.2. The van der Waals surface area contributed by atoms with Crippen LogP contribution in [0.1, 0.15) is 26.2 Å². The molecule has 5 nitrogen and oxygen atoms in total. The number of amides is 1. The standard InChI is InChI=1S/C10H16N4O/c1-9(13)8-10(15)14(6-2-4-11)7-3-5-12/h9H,2-3,6-8,13H2,1H3. The first kappa shape index (κ1) is 13.4. The first-order chi connectivity index (χ1) is 7.11. The third kappa shape index (κ3) is 6.48. The van der Waals surface area contributed by atoms with Gasteiger partial charge in [0.1, 0.15) is 0 Å². The fourth-order valence-corrected chi connectivity index (χ4v) is 1.14. The molecule has 0 aliphatic rings. The highest BCUT2D eigenvalue weighted by Crippen LogP contribution is 2.00. The van der Waals surface area contributed by atoms with Crippen molar-refractivity contribution >= 4 is 5.91 Å². The summed E-state index contributed by atoms with van der Waals surface area (Å²) in [6, 6.07) is 3.76. The third-order valence-corrected chi connectivity index (χ3v) is 1.84. The molecule has 0 radical (unpaired) electrons. The molecule has 1 atom stereocenters. The van der Waals surface area contributed by atoms with E-state index in [0.29, 0.717) is 13.1 Å². The van der Waals surface area contributed by atoms with Gasteiger partial charge in [-0.3, -0.25) is 4.79 Å². The van der Waals surface area contributed by atoms with E-state index in [1.165, 1.54) is 4.90 Å². The third-order valence-electron chi connectivity index (χ3n) is 1.84. The molecule has 0 heterocycles. The molecule has 82 valence electrons. The molecule has 0 aromatic carbocycles. The van der Waals surface area contributed by atoms with E-state index in [1.807, 2.05) is 12.1 Å². The van der Waals surface area contributed by atoms with Crippen molar-refractivity contribution in [2.75, 3.05) is 13.1 Å². The second-order valence-electron chi connectivity index (χ2n) is 3.38. The van der Waals surface area contributed by atoms with Crippen LogP contribution in [0.25, 0.3) is 0 Å². The highest BCUT2D eigenvalue weighted by Gasteiger charge is 2.13. The Morgan fingerprint density at radius 2 is 1.80 bits per heavy atom. The molecule has 0 fully saturated rings. The zero-order valence-corrected chi connectivity index (χ0v) is 8.94. The molecule has 0 aliphatic heterocycles. The lowest BCUT2D eigenvalue weighted by Gasteiger charge is -2.21. The minimum Gasteiger partial charge on any atom is -0.341 e. The van der Waals surface area contributed by atoms with E-state index in [4.69, 9.17) is 16.3 Å². The van der Waals surface area contributed by atoms with Crippen LogP contribution in [0, 0.1) is 22.7 Å². The first-order valence-electron chi connectivity index (χ1n) is 4.89. The van der Waals surface area contributed by atoms with Gasteiger partial charge in [-0.05, 0) is 6.92 Å². The molecule has 0 aliphatic carbocycles. The number of nitriles is 2. The van der Waals surface area contributed by atoms with E-state index in [9.17, 15) is 4.79 Å². The van der Waals surface area contributed by atoms with Crippen molar-refractivity contribution in [2.45, 2.75) is 32.2 Å². The minimum absolute atomic E-state index is 0.0875. The van der Waals surface area contributed by atoms with Crippen LogP contribution < -0.4 is 5.73 Å². The van der Waals surface area contributed by atoms with Gasteiger partial charge in [0.2, 0.25) is 5.91 Å². The van der Waals surface area contributed by atoms with Gasteiger partial charge in [0.15, 0.2) is 0 Å². The van der Waals surface area contributed by atoms with Crippen LogP contribution in [0.3, 0.4) is 0 Å². The number of hydrogen-bond donors (Lipinski definition) is 1. The van der Waals surface area contributed by atoms with E-state index < -0.39 is 0 Å². The maximum atomic E-state index is 11.6. The largest absolute Gasteiger partial charge is 0.341 e. The maximum Gasteiger partial charge on any atom is 0.224 e. The van der Waals surface area contributed by atoms with Crippen LogP contribution >= 0.6 is 0 Å². The number of carbonyl (C=O) groups excluding carboxylic acids is 1. The number of hydrogen-bond acceptors (Lipinski definition) is 4. The Labute approximate surface area is 90.1 Å². The lowest BCUT2D eigenvalue weighted by Crippen LogP contribution is -2.36. The highest BCUT2D eigenvalue weighted by molar-refractivity contribution is 5.76. The van der Waals surface area contributed by atoms with E-state index in [-0.39, 0.29) is 31.2 Å². The van der Waals surface area contributed by atoms with E-state index >= 15 is 0 Å². The van der Waals surface area contributed by atoms with Gasteiger partial charge in [0.25, 0.3) is 0 Å². The minimum atomic E-state index is -0.191. The number of nitrogens with two attached hydrogens (primary N) is 1. The van der Waals surface area contributed by atoms with E-state index in [2.05, 4.69) is 0 Å². The predicted octanol–water partition coefficient (Wildman–Crippen LogP) is 0.380. The Kier molecular flexibility index (Phi) is 6.96. The summed E-state index contributed by atoms with van der Waals surface area (Å²) in [5.74, 6) is -0.0875. The SMILES string of the molecule is CC(N)CC(=O)N(CCC#N)CCC#N. The summed E-state index contributed by atoms with van der Waals surface area (Å²) in [5, 5.41) is 16.9. The summed E-state index contributed by atoms with van der Waals surface area (Å²) in [6.45, 7) is 2.51. The van der Waals surface area contributed by atoms with Gasteiger partial charge in [0.05, 0.1) is 25.0 Å². The fraction of sp³-hybridized carbons (Fsp3) is 0.700. The second-order valence-corrected chi connectivity index (χ2v) is 3.38. The summed E-state index contributed by atoms with van der Waals surface area (Å²) in [5.41, 5.74) is 5.51. The van der Waals surface area contributed by atoms with Gasteiger partial charge in [0, 0.05) is 25.6 Å². The molecular weight excluding hydrogens is 192 g/mol. The Morgan fingerprint density at radius 1 is 1.33 bits per heavy atom. The molecule has 0 saturated heterocycles. The molecule has 1 unspecified atom stereocenters. The van der Waals surface area contributed by atoms with Crippen LogP contribution in [0.5, 0.6) is 0 Å². The van der Waals surface area contributed by atoms with Crippen LogP contribution in [-0.2, 0) is 4.79 Å². The number of carbonyl (C=O) groups is 1. The van der Waals surface area contributed by atoms with Crippen LogP contribution in [0.2, 0.25) is 0 Å². The van der Waals surface area contributed by atoms with Crippen molar-refractivity contribution in [3.63, 3.8) is 0 Å². The smallest absolute Gasteiger partial charge is 0.224 e. The second kappa shape index (κ2) is 7.78. The summed E-state index contributed by atoms with van der Waals surface area (Å²) >= 11 is 0. The first-order valence-corrected chi connectivity index (χ1v) is 4.89. The highest BCUT2D eigenvalue weighted by atomic mass is 16.2. The van der Waals surface area contributed by atoms with Gasteiger partial charge in [-0.25, -0.2) is 0 Å². The molecule has 0 aromatic rings. The lowest BCUT2D eigenvalue weighted by molar-refractivity contribution is -0.131. The lowest BCUT2D eigenvalue weighted by atomic mass is 10.2. The van der Waals surface area contributed by atoms with Gasteiger partial charge < -0.3 is 10.6 Å². The van der Waals surface area contributed by atoms with Crippen LogP contribution in [0.15, 0.2) is 0 Å². The van der Waals surface area contributed by atoms with Crippen LogP contribution in [0.4, 0.5) is 0 Å². The van der Waals surface area contributed by atoms with Gasteiger partial charge in [-0.2, -0.15) is 10.5 Å². The monoisotopic (exact) mass is 208 g/mol. The summed E-state index contributed by atoms with van der Waals surface area (Å²) in [4.78, 5) is 13.1. The molecule has 2 N–H and O–H groups in total. The molecule has 0 spiro atoms. The molecule has 0 aromatic heterocycles. The van der Waals surface area contributed by atoms with Crippen molar-refractivity contribution in [1.29, 1.82) is 10.5 Å². The average Bonchev–Trinajstić information content (AvgIpc) is 2.17. The molecule has 5 heteroatoms. The van der Waals surface area contributed by atoms with Gasteiger partial charge in [-0.1, -0.05) is 0 Å². The van der Waals surface area contributed by atoms with Crippen molar-refractivity contribution in [1.82, 2.24) is 4.90 Å². The number of rotatable bonds is 6. The Balaban J connectivity index is 4.16. The van der Waals surface area contributed by atoms with Crippen LogP contribution in [-0.4, -0.2) is 29.9 Å². The van der Waals surface area contributed by atoms with Gasteiger partial charge in [-0.15, -0.1) is 0 Å². The average molecular weight is 208 g/mol. The van der Waals surface area contributed by atoms with Gasteiger partial charge >= 0.3 is 0 Å². The fourth-order valence-electron chi connectivity index (χ4n) is 1.14. The van der Waals surface area contributed by atoms with Crippen molar-refractivity contribution in [2.24, 2.45) is 5.73 Å². The summed E-state index contributed by atoms with van der Waals surface area (Å²) in [6.07, 6.45) is 0.836. The molecular formula is C10H16N4O. The predicted molar refractivity (Wildman–Crippen MR) is 55.3 cm³/mol. The summed E-state index contributed by atoms with van der Waals surface area (Å²) < 4.78 is 0. The maximum absolute atomic E-state index is 11.6. The van der Waals surface area contributed by atoms with Crippen molar-refractivity contribution < 1.29 is 4.79 Å². The zero-order chi connectivity index (χ0) is 11.7. The van der Waals surface area contributed by atoms with E-state index in [1.54, 1.807) is 6.92 Å². The Morgan fingerprint density at radius 3 is 2.13 bits per heavy atom. The molecule has 0 rings (SSSR count). The summed E-state index contributed by atoms with van der Waals surface area (Å²) in [7, 11) is 0. The quantitative estimate of drug-likeness (QED) is 0.682. The Bertz CT molecular complexity index is 256. The topological polar surface area (TPSA) is 93.9 Å². The molecule has 15 heavy (non-hydrogen) atoms.